The number of imidazole rings is 1. The molecule has 2 rings (SSSR count). The van der Waals surface area contributed by atoms with E-state index in [0.717, 1.165) is 4.47 Å². The summed E-state index contributed by atoms with van der Waals surface area (Å²) >= 11 is 3.35. The molecule has 2 N–H and O–H groups in total. The standard InChI is InChI=1S/C9H7BrN4/c1-5-8(3-11)14-4-6(12)2-7(10)9(14)13-5/h2,4H,12H2,1H3. The molecule has 0 aliphatic heterocycles. The molecule has 0 bridgehead atoms. The van der Waals surface area contributed by atoms with Gasteiger partial charge >= 0.3 is 0 Å². The predicted molar refractivity (Wildman–Crippen MR) is 56.8 cm³/mol. The number of halogens is 1. The van der Waals surface area contributed by atoms with Crippen molar-refractivity contribution in [3.8, 4) is 6.07 Å². The SMILES string of the molecule is Cc1nc2c(Br)cc(N)cn2c1C#N. The quantitative estimate of drug-likeness (QED) is 0.776. The first-order chi connectivity index (χ1) is 6.63. The summed E-state index contributed by atoms with van der Waals surface area (Å²) < 4.78 is 2.48. The van der Waals surface area contributed by atoms with Gasteiger partial charge in [-0.15, -0.1) is 0 Å². The molecule has 0 unspecified atom stereocenters. The van der Waals surface area contributed by atoms with Crippen LogP contribution in [-0.4, -0.2) is 9.38 Å². The Balaban J connectivity index is 2.97. The zero-order valence-electron chi connectivity index (χ0n) is 7.45. The average molecular weight is 251 g/mol. The average Bonchev–Trinajstić information content (AvgIpc) is 2.41. The number of aromatic nitrogens is 2. The van der Waals surface area contributed by atoms with E-state index >= 15 is 0 Å². The maximum absolute atomic E-state index is 8.92. The third-order valence-corrected chi connectivity index (χ3v) is 2.56. The minimum Gasteiger partial charge on any atom is -0.397 e. The molecule has 0 fully saturated rings. The summed E-state index contributed by atoms with van der Waals surface area (Å²) in [7, 11) is 0. The highest BCUT2D eigenvalue weighted by Crippen LogP contribution is 2.22. The van der Waals surface area contributed by atoms with Gasteiger partial charge in [-0.1, -0.05) is 0 Å². The molecular weight excluding hydrogens is 244 g/mol. The molecule has 0 aliphatic rings. The Morgan fingerprint density at radius 1 is 1.64 bits per heavy atom. The van der Waals surface area contributed by atoms with Gasteiger partial charge in [-0.3, -0.25) is 4.40 Å². The Kier molecular flexibility index (Phi) is 1.93. The fourth-order valence-corrected chi connectivity index (χ4v) is 1.92. The van der Waals surface area contributed by atoms with Crippen LogP contribution < -0.4 is 5.73 Å². The second-order valence-corrected chi connectivity index (χ2v) is 3.83. The molecular formula is C9H7BrN4. The number of nitrogens with two attached hydrogens (primary N) is 1. The minimum atomic E-state index is 0.521. The molecule has 0 aromatic carbocycles. The molecule has 0 spiro atoms. The van der Waals surface area contributed by atoms with E-state index in [2.05, 4.69) is 27.0 Å². The molecule has 14 heavy (non-hydrogen) atoms. The van der Waals surface area contributed by atoms with Crippen molar-refractivity contribution in [2.75, 3.05) is 5.73 Å². The monoisotopic (exact) mass is 250 g/mol. The lowest BCUT2D eigenvalue weighted by atomic mass is 10.3. The molecule has 4 nitrogen and oxygen atoms in total. The second-order valence-electron chi connectivity index (χ2n) is 2.97. The number of rotatable bonds is 0. The lowest BCUT2D eigenvalue weighted by Crippen LogP contribution is -1.93. The molecule has 0 saturated carbocycles. The van der Waals surface area contributed by atoms with Crippen molar-refractivity contribution in [2.24, 2.45) is 0 Å². The smallest absolute Gasteiger partial charge is 0.152 e. The Morgan fingerprint density at radius 2 is 2.36 bits per heavy atom. The molecule has 5 heteroatoms. The summed E-state index contributed by atoms with van der Waals surface area (Å²) in [4.78, 5) is 4.26. The van der Waals surface area contributed by atoms with E-state index in [1.807, 2.05) is 0 Å². The number of hydrogen-bond donors (Lipinski definition) is 1. The van der Waals surface area contributed by atoms with Gasteiger partial charge in [-0.05, 0) is 28.9 Å². The number of hydrogen-bond acceptors (Lipinski definition) is 3. The zero-order valence-corrected chi connectivity index (χ0v) is 9.04. The van der Waals surface area contributed by atoms with E-state index in [-0.39, 0.29) is 0 Å². The van der Waals surface area contributed by atoms with Gasteiger partial charge in [-0.2, -0.15) is 5.26 Å². The maximum Gasteiger partial charge on any atom is 0.152 e. The number of aryl methyl sites for hydroxylation is 1. The van der Waals surface area contributed by atoms with Gasteiger partial charge in [0.25, 0.3) is 0 Å². The van der Waals surface area contributed by atoms with Gasteiger partial charge in [-0.25, -0.2) is 4.98 Å². The first kappa shape index (κ1) is 9.03. The van der Waals surface area contributed by atoms with Crippen LogP contribution in [0.1, 0.15) is 11.4 Å². The van der Waals surface area contributed by atoms with Crippen LogP contribution in [0.25, 0.3) is 5.65 Å². The fourth-order valence-electron chi connectivity index (χ4n) is 1.37. The van der Waals surface area contributed by atoms with E-state index in [9.17, 15) is 0 Å². The van der Waals surface area contributed by atoms with Crippen molar-refractivity contribution in [1.29, 1.82) is 5.26 Å². The highest BCUT2D eigenvalue weighted by atomic mass is 79.9. The lowest BCUT2D eigenvalue weighted by molar-refractivity contribution is 1.14. The Labute approximate surface area is 89.1 Å². The molecule has 0 saturated heterocycles. The lowest BCUT2D eigenvalue weighted by Gasteiger charge is -1.99. The minimum absolute atomic E-state index is 0.521. The van der Waals surface area contributed by atoms with Crippen LogP contribution in [0.5, 0.6) is 0 Å². The maximum atomic E-state index is 8.92. The summed E-state index contributed by atoms with van der Waals surface area (Å²) in [5.74, 6) is 0. The van der Waals surface area contributed by atoms with Crippen molar-refractivity contribution < 1.29 is 0 Å². The van der Waals surface area contributed by atoms with Gasteiger partial charge in [0, 0.05) is 11.9 Å². The Bertz CT molecular complexity index is 550. The predicted octanol–water partition coefficient (Wildman–Crippen LogP) is 1.86. The van der Waals surface area contributed by atoms with Crippen LogP contribution in [0.15, 0.2) is 16.7 Å². The van der Waals surface area contributed by atoms with Crippen LogP contribution in [0.4, 0.5) is 5.69 Å². The van der Waals surface area contributed by atoms with E-state index in [1.165, 1.54) is 0 Å². The van der Waals surface area contributed by atoms with Crippen molar-refractivity contribution in [2.45, 2.75) is 6.92 Å². The van der Waals surface area contributed by atoms with Crippen LogP contribution >= 0.6 is 15.9 Å². The third-order valence-electron chi connectivity index (χ3n) is 1.98. The van der Waals surface area contributed by atoms with Gasteiger partial charge in [0.15, 0.2) is 5.65 Å². The number of fused-ring (bicyclic) bond motifs is 1. The molecule has 0 aliphatic carbocycles. The normalized spacial score (nSPS) is 10.4. The zero-order chi connectivity index (χ0) is 10.3. The Hall–Kier alpha value is -1.54. The summed E-state index contributed by atoms with van der Waals surface area (Å²) in [6.45, 7) is 1.80. The fraction of sp³-hybridized carbons (Fsp3) is 0.111. The highest BCUT2D eigenvalue weighted by molar-refractivity contribution is 9.10. The molecule has 2 aromatic rings. The number of nitriles is 1. The number of pyridine rings is 1. The van der Waals surface area contributed by atoms with E-state index < -0.39 is 0 Å². The number of nitrogen functional groups attached to an aromatic ring is 1. The molecule has 2 heterocycles. The molecule has 0 atom stereocenters. The molecule has 0 amide bonds. The van der Waals surface area contributed by atoms with Crippen LogP contribution in [0.2, 0.25) is 0 Å². The first-order valence-corrected chi connectivity index (χ1v) is 4.76. The van der Waals surface area contributed by atoms with Gasteiger partial charge in [0.2, 0.25) is 0 Å². The molecule has 70 valence electrons. The molecule has 0 radical (unpaired) electrons. The van der Waals surface area contributed by atoms with Crippen molar-refractivity contribution in [3.63, 3.8) is 0 Å². The second kappa shape index (κ2) is 3.00. The van der Waals surface area contributed by atoms with Crippen molar-refractivity contribution in [3.05, 3.63) is 28.1 Å². The summed E-state index contributed by atoms with van der Waals surface area (Å²) in [6.07, 6.45) is 1.69. The number of anilines is 1. The van der Waals surface area contributed by atoms with Crippen LogP contribution in [0.3, 0.4) is 0 Å². The number of nitrogens with zero attached hydrogens (tertiary/aromatic N) is 3. The van der Waals surface area contributed by atoms with Crippen molar-refractivity contribution >= 4 is 27.3 Å². The summed E-state index contributed by atoms with van der Waals surface area (Å²) in [5.41, 5.74) is 8.21. The topological polar surface area (TPSA) is 67.1 Å². The Morgan fingerprint density at radius 3 is 3.00 bits per heavy atom. The van der Waals surface area contributed by atoms with Gasteiger partial charge < -0.3 is 5.73 Å². The largest absolute Gasteiger partial charge is 0.397 e. The van der Waals surface area contributed by atoms with Crippen LogP contribution in [0, 0.1) is 18.3 Å². The summed E-state index contributed by atoms with van der Waals surface area (Å²) in [6, 6.07) is 3.86. The summed E-state index contributed by atoms with van der Waals surface area (Å²) in [5, 5.41) is 8.92. The molecule has 2 aromatic heterocycles. The third kappa shape index (κ3) is 1.16. The van der Waals surface area contributed by atoms with Gasteiger partial charge in [0.1, 0.15) is 11.8 Å². The van der Waals surface area contributed by atoms with Crippen molar-refractivity contribution in [1.82, 2.24) is 9.38 Å². The van der Waals surface area contributed by atoms with E-state index in [4.69, 9.17) is 11.0 Å². The first-order valence-electron chi connectivity index (χ1n) is 3.97. The van der Waals surface area contributed by atoms with E-state index in [0.29, 0.717) is 22.7 Å². The highest BCUT2D eigenvalue weighted by Gasteiger charge is 2.10. The van der Waals surface area contributed by atoms with Gasteiger partial charge in [0.05, 0.1) is 10.2 Å². The van der Waals surface area contributed by atoms with E-state index in [1.54, 1.807) is 23.6 Å². The van der Waals surface area contributed by atoms with Crippen LogP contribution in [-0.2, 0) is 0 Å².